The fourth-order valence-corrected chi connectivity index (χ4v) is 3.94. The number of benzene rings is 2. The zero-order valence-electron chi connectivity index (χ0n) is 17.2. The summed E-state index contributed by atoms with van der Waals surface area (Å²) in [6.07, 6.45) is 1.28. The minimum absolute atomic E-state index is 0.0396. The van der Waals surface area contributed by atoms with Crippen molar-refractivity contribution in [1.29, 1.82) is 0 Å². The van der Waals surface area contributed by atoms with Crippen molar-refractivity contribution in [3.8, 4) is 23.0 Å². The van der Waals surface area contributed by atoms with Crippen LogP contribution in [0.15, 0.2) is 34.0 Å². The second-order valence-electron chi connectivity index (χ2n) is 8.91. The van der Waals surface area contributed by atoms with Crippen LogP contribution < -0.4 is 10.2 Å². The number of hydrogen-bond donors (Lipinski definition) is 4. The highest BCUT2D eigenvalue weighted by molar-refractivity contribution is 5.99. The maximum atomic E-state index is 13.3. The quantitative estimate of drug-likeness (QED) is 0.383. The van der Waals surface area contributed by atoms with Gasteiger partial charge in [-0.1, -0.05) is 19.9 Å². The molecule has 1 aromatic heterocycles. The van der Waals surface area contributed by atoms with Crippen molar-refractivity contribution in [3.63, 3.8) is 0 Å². The van der Waals surface area contributed by atoms with Crippen LogP contribution in [0.1, 0.15) is 38.8 Å². The van der Waals surface area contributed by atoms with Gasteiger partial charge in [0.2, 0.25) is 11.2 Å². The van der Waals surface area contributed by atoms with Crippen molar-refractivity contribution in [2.24, 2.45) is 0 Å². The van der Waals surface area contributed by atoms with Crippen LogP contribution >= 0.6 is 0 Å². The lowest BCUT2D eigenvalue weighted by molar-refractivity contribution is -0.0235. The average Bonchev–Trinajstić information content (AvgIpc) is 3.07. The number of aromatic hydroxyl groups is 3. The molecule has 0 fully saturated rings. The molecule has 2 heterocycles. The average molecular weight is 412 g/mol. The Bertz CT molecular complexity index is 1280. The topological polar surface area (TPSA) is 120 Å². The zero-order valence-corrected chi connectivity index (χ0v) is 17.2. The lowest BCUT2D eigenvalue weighted by Crippen LogP contribution is -2.39. The first-order chi connectivity index (χ1) is 13.9. The highest BCUT2D eigenvalue weighted by Gasteiger charge is 2.38. The Labute approximate surface area is 172 Å². The highest BCUT2D eigenvalue weighted by atomic mass is 16.5. The van der Waals surface area contributed by atoms with E-state index >= 15 is 0 Å². The number of hydrogen-bond acceptors (Lipinski definition) is 7. The van der Waals surface area contributed by atoms with E-state index in [2.05, 4.69) is 6.58 Å². The molecule has 0 saturated heterocycles. The molecule has 0 bridgehead atoms. The summed E-state index contributed by atoms with van der Waals surface area (Å²) >= 11 is 0. The van der Waals surface area contributed by atoms with Gasteiger partial charge in [0.05, 0.1) is 11.0 Å². The number of phenols is 3. The van der Waals surface area contributed by atoms with Crippen molar-refractivity contribution < 1.29 is 29.6 Å². The molecule has 1 atom stereocenters. The van der Waals surface area contributed by atoms with Gasteiger partial charge < -0.3 is 29.6 Å². The summed E-state index contributed by atoms with van der Waals surface area (Å²) in [5.41, 5.74) is -1.84. The van der Waals surface area contributed by atoms with Gasteiger partial charge in [-0.3, -0.25) is 4.79 Å². The van der Waals surface area contributed by atoms with E-state index in [0.717, 1.165) is 6.07 Å². The molecule has 0 radical (unpaired) electrons. The van der Waals surface area contributed by atoms with Crippen molar-refractivity contribution >= 4 is 21.9 Å². The van der Waals surface area contributed by atoms with Crippen LogP contribution in [0, 0.1) is 0 Å². The summed E-state index contributed by atoms with van der Waals surface area (Å²) in [5, 5.41) is 42.0. The third kappa shape index (κ3) is 2.73. The predicted molar refractivity (Wildman–Crippen MR) is 113 cm³/mol. The largest absolute Gasteiger partial charge is 0.507 e. The van der Waals surface area contributed by atoms with Crippen LogP contribution in [0.2, 0.25) is 0 Å². The first-order valence-corrected chi connectivity index (χ1v) is 9.60. The van der Waals surface area contributed by atoms with Crippen LogP contribution in [0.4, 0.5) is 0 Å². The molecule has 4 N–H and O–H groups in total. The van der Waals surface area contributed by atoms with Crippen molar-refractivity contribution in [3.05, 3.63) is 46.1 Å². The van der Waals surface area contributed by atoms with E-state index in [1.807, 2.05) is 0 Å². The zero-order chi connectivity index (χ0) is 22.2. The lowest BCUT2D eigenvalue weighted by Gasteiger charge is -2.24. The Morgan fingerprint density at radius 1 is 1.10 bits per heavy atom. The van der Waals surface area contributed by atoms with Gasteiger partial charge in [-0.25, -0.2) is 0 Å². The molecule has 0 amide bonds. The molecule has 1 aliphatic heterocycles. The van der Waals surface area contributed by atoms with Gasteiger partial charge in [-0.2, -0.15) is 0 Å². The number of fused-ring (bicyclic) bond motifs is 3. The van der Waals surface area contributed by atoms with Gasteiger partial charge in [0.15, 0.2) is 11.3 Å². The van der Waals surface area contributed by atoms with E-state index in [0.29, 0.717) is 12.0 Å². The first kappa shape index (κ1) is 20.1. The van der Waals surface area contributed by atoms with E-state index in [1.54, 1.807) is 39.8 Å². The van der Waals surface area contributed by atoms with Crippen molar-refractivity contribution in [1.82, 2.24) is 0 Å². The fraction of sp³-hybridized carbons (Fsp3) is 0.348. The molecule has 2 aromatic carbocycles. The number of rotatable bonds is 3. The maximum absolute atomic E-state index is 13.3. The van der Waals surface area contributed by atoms with Crippen LogP contribution in [-0.4, -0.2) is 32.1 Å². The minimum atomic E-state index is -1.16. The molecule has 30 heavy (non-hydrogen) atoms. The van der Waals surface area contributed by atoms with Gasteiger partial charge in [-0.15, -0.1) is 6.58 Å². The molecule has 0 aliphatic carbocycles. The number of ether oxygens (including phenoxy) is 1. The molecule has 158 valence electrons. The summed E-state index contributed by atoms with van der Waals surface area (Å²) in [6.45, 7) is 10.5. The van der Waals surface area contributed by atoms with Gasteiger partial charge >= 0.3 is 0 Å². The molecule has 4 rings (SSSR count). The van der Waals surface area contributed by atoms with Crippen LogP contribution in [0.3, 0.4) is 0 Å². The van der Waals surface area contributed by atoms with E-state index in [9.17, 15) is 25.2 Å². The van der Waals surface area contributed by atoms with Crippen LogP contribution in [0.5, 0.6) is 23.0 Å². The molecule has 0 saturated carbocycles. The first-order valence-electron chi connectivity index (χ1n) is 9.60. The highest BCUT2D eigenvalue weighted by Crippen LogP contribution is 2.47. The molecule has 0 spiro atoms. The molecular formula is C23H24O7. The summed E-state index contributed by atoms with van der Waals surface area (Å²) in [5.74, 6) is -0.900. The van der Waals surface area contributed by atoms with Gasteiger partial charge in [0.1, 0.15) is 28.6 Å². The molecule has 7 nitrogen and oxygen atoms in total. The maximum Gasteiger partial charge on any atom is 0.204 e. The van der Waals surface area contributed by atoms with E-state index in [-0.39, 0.29) is 44.8 Å². The molecule has 3 aromatic rings. The Balaban J connectivity index is 2.12. The summed E-state index contributed by atoms with van der Waals surface area (Å²) in [4.78, 5) is 13.3. The minimum Gasteiger partial charge on any atom is -0.507 e. The monoisotopic (exact) mass is 412 g/mol. The predicted octanol–water partition coefficient (Wildman–Crippen LogP) is 3.60. The third-order valence-electron chi connectivity index (χ3n) is 5.81. The Hall–Kier alpha value is -3.19. The Morgan fingerprint density at radius 2 is 1.77 bits per heavy atom. The Morgan fingerprint density at radius 3 is 2.37 bits per heavy atom. The smallest absolute Gasteiger partial charge is 0.204 e. The molecule has 1 unspecified atom stereocenters. The number of allylic oxidation sites excluding steroid dienone is 1. The van der Waals surface area contributed by atoms with Crippen molar-refractivity contribution in [2.75, 3.05) is 0 Å². The molecular weight excluding hydrogens is 388 g/mol. The normalized spacial score (nSPS) is 16.6. The SMILES string of the molecule is C=CC(C)(C)c1c(O)cc(O)c2c(=O)c3cc4c(c(O)c3oc12)OC(C(C)(C)O)C4. The van der Waals surface area contributed by atoms with Gasteiger partial charge in [0, 0.05) is 29.0 Å². The van der Waals surface area contributed by atoms with E-state index in [4.69, 9.17) is 9.15 Å². The summed E-state index contributed by atoms with van der Waals surface area (Å²) in [6, 6.07) is 2.65. The standard InChI is InChI=1S/C23H24O7/c1-6-22(2,3)16-13(25)9-12(24)15-17(26)11-7-10-8-14(23(4,5)28)29-19(10)18(27)20(11)30-21(15)16/h6-7,9,14,24-25,27-28H,1,8H2,2-5H3. The van der Waals surface area contributed by atoms with E-state index in [1.165, 1.54) is 0 Å². The van der Waals surface area contributed by atoms with Crippen molar-refractivity contribution in [2.45, 2.75) is 51.2 Å². The number of phenolic OH excluding ortho intramolecular Hbond substituents is 3. The van der Waals surface area contributed by atoms with Gasteiger partial charge in [-0.05, 0) is 19.9 Å². The second kappa shape index (κ2) is 6.15. The third-order valence-corrected chi connectivity index (χ3v) is 5.81. The van der Waals surface area contributed by atoms with E-state index < -0.39 is 28.3 Å². The number of aliphatic hydroxyl groups is 1. The summed E-state index contributed by atoms with van der Waals surface area (Å²) in [7, 11) is 0. The fourth-order valence-electron chi connectivity index (χ4n) is 3.94. The molecule has 1 aliphatic rings. The second-order valence-corrected chi connectivity index (χ2v) is 8.91. The molecule has 7 heteroatoms. The Kier molecular flexibility index (Phi) is 4.12. The van der Waals surface area contributed by atoms with Crippen LogP contribution in [-0.2, 0) is 11.8 Å². The van der Waals surface area contributed by atoms with Crippen LogP contribution in [0.25, 0.3) is 21.9 Å². The lowest BCUT2D eigenvalue weighted by atomic mass is 9.82. The summed E-state index contributed by atoms with van der Waals surface area (Å²) < 4.78 is 11.7. The van der Waals surface area contributed by atoms with Gasteiger partial charge in [0.25, 0.3) is 0 Å².